The summed E-state index contributed by atoms with van der Waals surface area (Å²) in [4.78, 5) is 11.3. The highest BCUT2D eigenvalue weighted by atomic mass is 16.3. The monoisotopic (exact) mass is 346 g/mol. The second-order valence-corrected chi connectivity index (χ2v) is 6.35. The molecule has 0 fully saturated rings. The first-order chi connectivity index (χ1) is 12.8. The number of aliphatic imine (C=N–C) groups is 1. The van der Waals surface area contributed by atoms with Crippen LogP contribution < -0.4 is 5.32 Å². The van der Waals surface area contributed by atoms with E-state index in [1.807, 2.05) is 37.4 Å². The van der Waals surface area contributed by atoms with Crippen molar-refractivity contribution in [3.05, 3.63) is 77.7 Å². The first-order valence-electron chi connectivity index (χ1n) is 8.85. The van der Waals surface area contributed by atoms with E-state index in [2.05, 4.69) is 44.5 Å². The molecule has 2 aromatic carbocycles. The van der Waals surface area contributed by atoms with Gasteiger partial charge in [0, 0.05) is 25.7 Å². The number of hydrogen-bond acceptors (Lipinski definition) is 3. The summed E-state index contributed by atoms with van der Waals surface area (Å²) in [5.41, 5.74) is 4.65. The van der Waals surface area contributed by atoms with Gasteiger partial charge in [0.05, 0.1) is 12.2 Å². The molecule has 0 spiro atoms. The lowest BCUT2D eigenvalue weighted by Crippen LogP contribution is -2.43. The Morgan fingerprint density at radius 2 is 1.88 bits per heavy atom. The van der Waals surface area contributed by atoms with E-state index in [0.29, 0.717) is 12.4 Å². The summed E-state index contributed by atoms with van der Waals surface area (Å²) in [7, 11) is 1.82. The summed E-state index contributed by atoms with van der Waals surface area (Å²) in [5.74, 6) is 1.54. The number of rotatable bonds is 3. The molecule has 0 bridgehead atoms. The molecule has 0 radical (unpaired) electrons. The molecule has 5 nitrogen and oxygen atoms in total. The second kappa shape index (κ2) is 7.44. The maximum Gasteiger partial charge on any atom is 0.226 e. The fourth-order valence-electron chi connectivity index (χ4n) is 3.28. The number of hydrogen-bond donors (Lipinski definition) is 1. The molecule has 0 aliphatic carbocycles. The van der Waals surface area contributed by atoms with Crippen LogP contribution in [0.15, 0.2) is 70.3 Å². The van der Waals surface area contributed by atoms with Crippen molar-refractivity contribution in [3.63, 3.8) is 0 Å². The van der Waals surface area contributed by atoms with Crippen molar-refractivity contribution in [1.29, 1.82) is 0 Å². The third kappa shape index (κ3) is 3.47. The van der Waals surface area contributed by atoms with E-state index in [-0.39, 0.29) is 0 Å². The summed E-state index contributed by atoms with van der Waals surface area (Å²) < 4.78 is 5.60. The quantitative estimate of drug-likeness (QED) is 0.583. The first-order valence-corrected chi connectivity index (χ1v) is 8.85. The van der Waals surface area contributed by atoms with Crippen LogP contribution in [0.4, 0.5) is 0 Å². The van der Waals surface area contributed by atoms with Crippen LogP contribution in [0.5, 0.6) is 0 Å². The van der Waals surface area contributed by atoms with Gasteiger partial charge in [0.2, 0.25) is 5.89 Å². The van der Waals surface area contributed by atoms with Gasteiger partial charge in [-0.2, -0.15) is 0 Å². The molecule has 2 heterocycles. The fraction of sp³-hybridized carbons (Fsp3) is 0.238. The Kier molecular flexibility index (Phi) is 4.69. The van der Waals surface area contributed by atoms with E-state index in [9.17, 15) is 0 Å². The van der Waals surface area contributed by atoms with Crippen LogP contribution in [0.1, 0.15) is 16.8 Å². The van der Waals surface area contributed by atoms with Crippen LogP contribution in [0.25, 0.3) is 11.5 Å². The maximum atomic E-state index is 5.60. The molecule has 26 heavy (non-hydrogen) atoms. The molecule has 0 atom stereocenters. The molecule has 132 valence electrons. The molecule has 0 saturated heterocycles. The zero-order chi connectivity index (χ0) is 17.8. The molecule has 1 aliphatic heterocycles. The molecule has 3 aromatic rings. The van der Waals surface area contributed by atoms with Gasteiger partial charge in [0.1, 0.15) is 6.26 Å². The fourth-order valence-corrected chi connectivity index (χ4v) is 3.28. The minimum Gasteiger partial charge on any atom is -0.444 e. The zero-order valence-electron chi connectivity index (χ0n) is 14.9. The summed E-state index contributed by atoms with van der Waals surface area (Å²) >= 11 is 0. The zero-order valence-corrected chi connectivity index (χ0v) is 14.9. The van der Waals surface area contributed by atoms with Crippen molar-refractivity contribution in [2.24, 2.45) is 4.99 Å². The van der Waals surface area contributed by atoms with Gasteiger partial charge in [-0.25, -0.2) is 4.98 Å². The van der Waals surface area contributed by atoms with Gasteiger partial charge in [-0.15, -0.1) is 0 Å². The number of oxazole rings is 1. The van der Waals surface area contributed by atoms with Gasteiger partial charge in [0.15, 0.2) is 5.96 Å². The second-order valence-electron chi connectivity index (χ2n) is 6.35. The third-order valence-corrected chi connectivity index (χ3v) is 4.64. The Morgan fingerprint density at radius 3 is 2.69 bits per heavy atom. The van der Waals surface area contributed by atoms with Crippen LogP contribution in [-0.2, 0) is 19.5 Å². The third-order valence-electron chi connectivity index (χ3n) is 4.64. The average molecular weight is 346 g/mol. The largest absolute Gasteiger partial charge is 0.444 e. The van der Waals surface area contributed by atoms with Crippen LogP contribution in [-0.4, -0.2) is 29.4 Å². The normalized spacial score (nSPS) is 14.2. The van der Waals surface area contributed by atoms with Crippen LogP contribution in [0.2, 0.25) is 0 Å². The summed E-state index contributed by atoms with van der Waals surface area (Å²) in [6.07, 6.45) is 2.74. The highest BCUT2D eigenvalue weighted by Gasteiger charge is 2.18. The van der Waals surface area contributed by atoms with Crippen LogP contribution in [0, 0.1) is 0 Å². The molecule has 0 saturated carbocycles. The maximum absolute atomic E-state index is 5.60. The molecule has 5 heteroatoms. The number of nitrogens with one attached hydrogen (secondary N) is 1. The lowest BCUT2D eigenvalue weighted by molar-refractivity contribution is 0.378. The number of guanidine groups is 1. The number of fused-ring (bicyclic) bond motifs is 1. The molecule has 0 amide bonds. The summed E-state index contributed by atoms with van der Waals surface area (Å²) in [6, 6.07) is 18.5. The number of nitrogens with zero attached hydrogens (tertiary/aromatic N) is 3. The van der Waals surface area contributed by atoms with Crippen molar-refractivity contribution in [2.45, 2.75) is 19.5 Å². The average Bonchev–Trinajstić information content (AvgIpc) is 3.18. The Labute approximate surface area is 153 Å². The van der Waals surface area contributed by atoms with Gasteiger partial charge >= 0.3 is 0 Å². The Hall–Kier alpha value is -3.08. The Morgan fingerprint density at radius 1 is 1.12 bits per heavy atom. The molecule has 4 rings (SSSR count). The SMILES string of the molecule is CN=C(NCc1coc(-c2ccccc2)n1)N1CCc2ccccc2C1. The van der Waals surface area contributed by atoms with Gasteiger partial charge in [-0.1, -0.05) is 42.5 Å². The lowest BCUT2D eigenvalue weighted by Gasteiger charge is -2.31. The summed E-state index contributed by atoms with van der Waals surface area (Å²) in [5, 5.41) is 3.40. The highest BCUT2D eigenvalue weighted by Crippen LogP contribution is 2.19. The molecular weight excluding hydrogens is 324 g/mol. The van der Waals surface area contributed by atoms with E-state index < -0.39 is 0 Å². The standard InChI is InChI=1S/C21H22N4O/c1-22-21(25-12-11-16-7-5-6-10-18(16)14-25)23-13-19-15-26-20(24-19)17-8-3-2-4-9-17/h2-10,15H,11-14H2,1H3,(H,22,23). The molecule has 1 N–H and O–H groups in total. The van der Waals surface area contributed by atoms with Crippen molar-refractivity contribution < 1.29 is 4.42 Å². The highest BCUT2D eigenvalue weighted by molar-refractivity contribution is 5.80. The van der Waals surface area contributed by atoms with Gasteiger partial charge in [-0.3, -0.25) is 4.99 Å². The number of benzene rings is 2. The molecular formula is C21H22N4O. The minimum absolute atomic E-state index is 0.584. The van der Waals surface area contributed by atoms with Gasteiger partial charge < -0.3 is 14.6 Å². The Bertz CT molecular complexity index is 901. The lowest BCUT2D eigenvalue weighted by atomic mass is 10.0. The van der Waals surface area contributed by atoms with E-state index >= 15 is 0 Å². The van der Waals surface area contributed by atoms with Crippen molar-refractivity contribution in [3.8, 4) is 11.5 Å². The van der Waals surface area contributed by atoms with Gasteiger partial charge in [0.25, 0.3) is 0 Å². The van der Waals surface area contributed by atoms with E-state index in [1.165, 1.54) is 11.1 Å². The molecule has 1 aromatic heterocycles. The predicted octanol–water partition coefficient (Wildman–Crippen LogP) is 3.48. The first kappa shape index (κ1) is 16.4. The van der Waals surface area contributed by atoms with E-state index in [0.717, 1.165) is 36.7 Å². The minimum atomic E-state index is 0.584. The van der Waals surface area contributed by atoms with Crippen molar-refractivity contribution >= 4 is 5.96 Å². The van der Waals surface area contributed by atoms with E-state index in [4.69, 9.17) is 4.42 Å². The summed E-state index contributed by atoms with van der Waals surface area (Å²) in [6.45, 7) is 2.43. The van der Waals surface area contributed by atoms with Crippen LogP contribution >= 0.6 is 0 Å². The topological polar surface area (TPSA) is 53.7 Å². The number of aromatic nitrogens is 1. The van der Waals surface area contributed by atoms with E-state index in [1.54, 1.807) is 6.26 Å². The predicted molar refractivity (Wildman–Crippen MR) is 103 cm³/mol. The molecule has 1 aliphatic rings. The van der Waals surface area contributed by atoms with Crippen molar-refractivity contribution in [2.75, 3.05) is 13.6 Å². The van der Waals surface area contributed by atoms with Gasteiger partial charge in [-0.05, 0) is 29.7 Å². The molecule has 0 unspecified atom stereocenters. The van der Waals surface area contributed by atoms with Crippen LogP contribution in [0.3, 0.4) is 0 Å². The smallest absolute Gasteiger partial charge is 0.226 e. The Balaban J connectivity index is 1.40. The van der Waals surface area contributed by atoms with Crippen molar-refractivity contribution in [1.82, 2.24) is 15.2 Å².